The lowest BCUT2D eigenvalue weighted by Gasteiger charge is -2.14. The molecule has 5 aromatic rings. The molecule has 0 unspecified atom stereocenters. The first kappa shape index (κ1) is 28.9. The molecule has 226 valence electrons. The second kappa shape index (κ2) is 10.8. The molecule has 1 saturated carbocycles. The van der Waals surface area contributed by atoms with Gasteiger partial charge in [-0.25, -0.2) is 24.9 Å². The molecule has 1 fully saturated rings. The summed E-state index contributed by atoms with van der Waals surface area (Å²) in [4.78, 5) is 46.2. The predicted molar refractivity (Wildman–Crippen MR) is 152 cm³/mol. The van der Waals surface area contributed by atoms with Gasteiger partial charge in [-0.3, -0.25) is 19.5 Å². The van der Waals surface area contributed by atoms with Gasteiger partial charge in [-0.2, -0.15) is 13.2 Å². The molecule has 4 heterocycles. The lowest BCUT2D eigenvalue weighted by Crippen LogP contribution is -2.21. The van der Waals surface area contributed by atoms with Crippen LogP contribution in [0.5, 0.6) is 5.88 Å². The largest absolute Gasteiger partial charge is 0.480 e. The van der Waals surface area contributed by atoms with Gasteiger partial charge in [0.15, 0.2) is 11.5 Å². The summed E-state index contributed by atoms with van der Waals surface area (Å²) < 4.78 is 48.4. The quantitative estimate of drug-likeness (QED) is 0.164. The number of nitrogens with zero attached hydrogens (tertiary/aromatic N) is 8. The first-order chi connectivity index (χ1) is 21.0. The fourth-order valence-electron chi connectivity index (χ4n) is 5.07. The summed E-state index contributed by atoms with van der Waals surface area (Å²) in [7, 11) is 1.47. The second-order valence-corrected chi connectivity index (χ2v) is 10.7. The topological polar surface area (TPSA) is 144 Å². The molecule has 6 rings (SSSR count). The van der Waals surface area contributed by atoms with Crippen LogP contribution >= 0.6 is 0 Å². The lowest BCUT2D eigenvalue weighted by molar-refractivity contribution is -0.385. The Morgan fingerprint density at radius 3 is 2.55 bits per heavy atom. The minimum absolute atomic E-state index is 0.0628. The van der Waals surface area contributed by atoms with Crippen LogP contribution in [0.1, 0.15) is 55.6 Å². The number of alkyl halides is 3. The summed E-state index contributed by atoms with van der Waals surface area (Å²) >= 11 is 0. The van der Waals surface area contributed by atoms with Crippen LogP contribution in [0.15, 0.2) is 53.8 Å². The van der Waals surface area contributed by atoms with Gasteiger partial charge in [-0.05, 0) is 38.8 Å². The zero-order chi connectivity index (χ0) is 31.3. The zero-order valence-electron chi connectivity index (χ0n) is 23.7. The van der Waals surface area contributed by atoms with E-state index in [1.165, 1.54) is 53.0 Å². The Morgan fingerprint density at radius 2 is 1.89 bits per heavy atom. The van der Waals surface area contributed by atoms with Crippen LogP contribution in [0.25, 0.3) is 33.8 Å². The van der Waals surface area contributed by atoms with Gasteiger partial charge in [0.1, 0.15) is 23.4 Å². The van der Waals surface area contributed by atoms with Gasteiger partial charge in [0.2, 0.25) is 5.88 Å². The number of methoxy groups -OCH3 is 1. The minimum atomic E-state index is -4.69. The average molecular weight is 607 g/mol. The van der Waals surface area contributed by atoms with Crippen molar-refractivity contribution < 1.29 is 22.8 Å². The van der Waals surface area contributed by atoms with E-state index in [1.54, 1.807) is 19.9 Å². The van der Waals surface area contributed by atoms with Crippen molar-refractivity contribution in [2.24, 2.45) is 0 Å². The maximum Gasteiger partial charge on any atom is 0.434 e. The van der Waals surface area contributed by atoms with Crippen LogP contribution < -0.4 is 10.3 Å². The van der Waals surface area contributed by atoms with Crippen LogP contribution in [-0.4, -0.2) is 46.1 Å². The van der Waals surface area contributed by atoms with Crippen molar-refractivity contribution in [3.63, 3.8) is 0 Å². The van der Waals surface area contributed by atoms with Crippen molar-refractivity contribution in [2.75, 3.05) is 7.11 Å². The van der Waals surface area contributed by atoms with Crippen molar-refractivity contribution >= 4 is 16.7 Å². The standard InChI is InChI=1S/C29H25F3N8O4/c1-15(2)38-13-21(29(30,31)32)36-26(38)17-6-7-19(20(10-17)40(42)43)12-39-22(41)9-8-18-11-33-25(37-27(18)39)23-24(16-4-5-16)34-14-35-28(23)44-3/h6-11,13-16H,4-5,12H2,1-3H3. The molecule has 0 N–H and O–H groups in total. The number of pyridine rings is 1. The number of imidazole rings is 1. The van der Waals surface area contributed by atoms with Crippen molar-refractivity contribution in [2.45, 2.75) is 51.4 Å². The van der Waals surface area contributed by atoms with Gasteiger partial charge in [0.05, 0.1) is 24.3 Å². The Balaban J connectivity index is 1.46. The van der Waals surface area contributed by atoms with Crippen molar-refractivity contribution in [1.82, 2.24) is 34.1 Å². The number of fused-ring (bicyclic) bond motifs is 1. The number of hydrogen-bond donors (Lipinski definition) is 0. The van der Waals surface area contributed by atoms with E-state index in [0.29, 0.717) is 10.9 Å². The Bertz CT molecular complexity index is 1980. The summed E-state index contributed by atoms with van der Waals surface area (Å²) in [5.41, 5.74) is -0.215. The molecule has 1 aliphatic carbocycles. The molecule has 0 radical (unpaired) electrons. The van der Waals surface area contributed by atoms with E-state index < -0.39 is 28.4 Å². The van der Waals surface area contributed by atoms with Crippen LogP contribution in [0.3, 0.4) is 0 Å². The minimum Gasteiger partial charge on any atom is -0.480 e. The van der Waals surface area contributed by atoms with E-state index in [2.05, 4.69) is 24.9 Å². The van der Waals surface area contributed by atoms with E-state index >= 15 is 0 Å². The molecule has 4 aromatic heterocycles. The van der Waals surface area contributed by atoms with E-state index in [-0.39, 0.29) is 52.5 Å². The van der Waals surface area contributed by atoms with Gasteiger partial charge in [0.25, 0.3) is 11.2 Å². The van der Waals surface area contributed by atoms with Crippen LogP contribution in [-0.2, 0) is 12.7 Å². The molecular weight excluding hydrogens is 581 g/mol. The summed E-state index contributed by atoms with van der Waals surface area (Å²) in [6.45, 7) is 3.12. The summed E-state index contributed by atoms with van der Waals surface area (Å²) in [6.07, 6.45) is 1.03. The Hall–Kier alpha value is -5.21. The van der Waals surface area contributed by atoms with E-state index in [0.717, 1.165) is 24.7 Å². The highest BCUT2D eigenvalue weighted by molar-refractivity contribution is 5.78. The van der Waals surface area contributed by atoms with Crippen LogP contribution in [0.2, 0.25) is 0 Å². The zero-order valence-corrected chi connectivity index (χ0v) is 23.7. The molecule has 0 amide bonds. The van der Waals surface area contributed by atoms with E-state index in [4.69, 9.17) is 4.74 Å². The highest BCUT2D eigenvalue weighted by atomic mass is 19.4. The Kier molecular flexibility index (Phi) is 7.10. The molecule has 1 aliphatic rings. The predicted octanol–water partition coefficient (Wildman–Crippen LogP) is 5.55. The number of nitro groups is 1. The van der Waals surface area contributed by atoms with E-state index in [1.807, 2.05) is 0 Å². The monoisotopic (exact) mass is 606 g/mol. The van der Waals surface area contributed by atoms with Gasteiger partial charge in [-0.1, -0.05) is 6.07 Å². The lowest BCUT2D eigenvalue weighted by atomic mass is 10.1. The Morgan fingerprint density at radius 1 is 1.11 bits per heavy atom. The molecule has 12 nitrogen and oxygen atoms in total. The number of benzene rings is 1. The van der Waals surface area contributed by atoms with Gasteiger partial charge < -0.3 is 9.30 Å². The van der Waals surface area contributed by atoms with E-state index in [9.17, 15) is 28.1 Å². The average Bonchev–Trinajstić information content (AvgIpc) is 3.73. The van der Waals surface area contributed by atoms with Crippen LogP contribution in [0, 0.1) is 10.1 Å². The third-order valence-corrected chi connectivity index (χ3v) is 7.39. The normalized spacial score (nSPS) is 13.5. The number of nitro benzene ring substituents is 1. The maximum atomic E-state index is 13.4. The smallest absolute Gasteiger partial charge is 0.434 e. The van der Waals surface area contributed by atoms with Gasteiger partial charge in [0, 0.05) is 53.0 Å². The number of halogens is 3. The number of ether oxygens (including phenoxy) is 1. The molecule has 0 saturated heterocycles. The van der Waals surface area contributed by atoms with Crippen LogP contribution in [0.4, 0.5) is 18.9 Å². The highest BCUT2D eigenvalue weighted by Crippen LogP contribution is 2.45. The third kappa shape index (κ3) is 5.24. The summed E-state index contributed by atoms with van der Waals surface area (Å²) in [6, 6.07) is 6.50. The molecule has 0 bridgehead atoms. The second-order valence-electron chi connectivity index (χ2n) is 10.7. The SMILES string of the molecule is COc1ncnc(C2CC2)c1-c1ncc2ccc(=O)n(Cc3ccc(-c4nc(C(F)(F)F)cn4C(C)C)cc3[N+](=O)[O-])c2n1. The molecule has 44 heavy (non-hydrogen) atoms. The first-order valence-electron chi connectivity index (χ1n) is 13.7. The molecular formula is C29H25F3N8O4. The van der Waals surface area contributed by atoms with Crippen molar-refractivity contribution in [3.05, 3.63) is 86.5 Å². The Labute approximate surface area is 247 Å². The number of aromatic nitrogens is 7. The fraction of sp³-hybridized carbons (Fsp3) is 0.310. The van der Waals surface area contributed by atoms with Crippen molar-refractivity contribution in [1.29, 1.82) is 0 Å². The summed E-state index contributed by atoms with van der Waals surface area (Å²) in [5, 5.41) is 12.7. The third-order valence-electron chi connectivity index (χ3n) is 7.39. The maximum absolute atomic E-state index is 13.4. The molecule has 0 atom stereocenters. The molecule has 1 aromatic carbocycles. The molecule has 0 aliphatic heterocycles. The summed E-state index contributed by atoms with van der Waals surface area (Å²) in [5.74, 6) is 0.666. The van der Waals surface area contributed by atoms with Gasteiger partial charge >= 0.3 is 6.18 Å². The molecule has 15 heteroatoms. The first-order valence-corrected chi connectivity index (χ1v) is 13.7. The number of hydrogen-bond acceptors (Lipinski definition) is 9. The van der Waals surface area contributed by atoms with Gasteiger partial charge in [-0.15, -0.1) is 0 Å². The number of rotatable bonds is 8. The fourth-order valence-corrected chi connectivity index (χ4v) is 5.07. The highest BCUT2D eigenvalue weighted by Gasteiger charge is 2.36. The molecule has 0 spiro atoms. The van der Waals surface area contributed by atoms with Crippen molar-refractivity contribution in [3.8, 4) is 28.7 Å².